The highest BCUT2D eigenvalue weighted by atomic mass is 32.2. The molecule has 0 aromatic heterocycles. The molecule has 0 saturated carbocycles. The van der Waals surface area contributed by atoms with Gasteiger partial charge in [0.2, 0.25) is 10.0 Å². The predicted molar refractivity (Wildman–Crippen MR) is 111 cm³/mol. The predicted octanol–water partition coefficient (Wildman–Crippen LogP) is 2.65. The van der Waals surface area contributed by atoms with Crippen molar-refractivity contribution in [2.75, 3.05) is 38.6 Å². The molecule has 0 aliphatic carbocycles. The summed E-state index contributed by atoms with van der Waals surface area (Å²) in [4.78, 5) is 15.1. The van der Waals surface area contributed by atoms with Crippen molar-refractivity contribution in [3.63, 3.8) is 0 Å². The first kappa shape index (κ1) is 21.3. The molecule has 1 saturated heterocycles. The van der Waals surface area contributed by atoms with Crippen LogP contribution in [0, 0.1) is 5.82 Å². The van der Waals surface area contributed by atoms with Crippen molar-refractivity contribution in [1.29, 1.82) is 0 Å². The Labute approximate surface area is 171 Å². The molecule has 6 nitrogen and oxygen atoms in total. The van der Waals surface area contributed by atoms with E-state index in [-0.39, 0.29) is 16.6 Å². The minimum atomic E-state index is -3.65. The number of hydrogen-bond acceptors (Lipinski definition) is 4. The van der Waals surface area contributed by atoms with Gasteiger partial charge in [0.15, 0.2) is 0 Å². The summed E-state index contributed by atoms with van der Waals surface area (Å²) in [6.07, 6.45) is 2.56. The molecule has 0 spiro atoms. The molecule has 156 valence electrons. The van der Waals surface area contributed by atoms with E-state index < -0.39 is 10.0 Å². The number of benzene rings is 2. The lowest BCUT2D eigenvalue weighted by Crippen LogP contribution is -2.30. The maximum atomic E-state index is 13.3. The monoisotopic (exact) mass is 419 g/mol. The molecule has 1 fully saturated rings. The van der Waals surface area contributed by atoms with Gasteiger partial charge in [-0.25, -0.2) is 17.1 Å². The summed E-state index contributed by atoms with van der Waals surface area (Å²) in [7, 11) is -0.727. The van der Waals surface area contributed by atoms with E-state index in [0.717, 1.165) is 41.5 Å². The summed E-state index contributed by atoms with van der Waals surface area (Å²) in [5.41, 5.74) is 1.87. The van der Waals surface area contributed by atoms with Gasteiger partial charge in [-0.15, -0.1) is 0 Å². The van der Waals surface area contributed by atoms with Crippen LogP contribution in [0.5, 0.6) is 0 Å². The SMILES string of the molecule is CN(C)S(=O)(=O)c1ccc(N2CCCC2)c(C(=O)NCCc2cccc(F)c2)c1. The van der Waals surface area contributed by atoms with E-state index in [1.54, 1.807) is 24.3 Å². The Morgan fingerprint density at radius 3 is 2.52 bits per heavy atom. The molecule has 1 N–H and O–H groups in total. The zero-order valence-electron chi connectivity index (χ0n) is 16.7. The van der Waals surface area contributed by atoms with E-state index in [1.807, 2.05) is 0 Å². The van der Waals surface area contributed by atoms with Gasteiger partial charge in [-0.1, -0.05) is 12.1 Å². The Morgan fingerprint density at radius 2 is 1.86 bits per heavy atom. The van der Waals surface area contributed by atoms with Crippen LogP contribution in [0.25, 0.3) is 0 Å². The van der Waals surface area contributed by atoms with Crippen LogP contribution in [0.15, 0.2) is 47.4 Å². The van der Waals surface area contributed by atoms with E-state index in [4.69, 9.17) is 0 Å². The molecule has 0 bridgehead atoms. The number of carbonyl (C=O) groups is 1. The molecule has 1 amide bonds. The van der Waals surface area contributed by atoms with Crippen molar-refractivity contribution in [2.24, 2.45) is 0 Å². The van der Waals surface area contributed by atoms with Gasteiger partial charge >= 0.3 is 0 Å². The van der Waals surface area contributed by atoms with Crippen molar-refractivity contribution in [3.8, 4) is 0 Å². The molecule has 29 heavy (non-hydrogen) atoms. The van der Waals surface area contributed by atoms with Gasteiger partial charge in [-0.3, -0.25) is 4.79 Å². The molecular formula is C21H26FN3O3S. The van der Waals surface area contributed by atoms with Gasteiger partial charge in [0.25, 0.3) is 5.91 Å². The third-order valence-electron chi connectivity index (χ3n) is 5.03. The van der Waals surface area contributed by atoms with Crippen LogP contribution in [0.2, 0.25) is 0 Å². The van der Waals surface area contributed by atoms with Crippen molar-refractivity contribution in [3.05, 3.63) is 59.4 Å². The van der Waals surface area contributed by atoms with Crippen LogP contribution in [0.3, 0.4) is 0 Å². The van der Waals surface area contributed by atoms with E-state index in [0.29, 0.717) is 18.5 Å². The number of halogens is 1. The summed E-state index contributed by atoms with van der Waals surface area (Å²) in [6, 6.07) is 11.0. The Kier molecular flexibility index (Phi) is 6.54. The standard InChI is InChI=1S/C21H26FN3O3S/c1-24(2)29(27,28)18-8-9-20(25-12-3-4-13-25)19(15-18)21(26)23-11-10-16-6-5-7-17(22)14-16/h5-9,14-15H,3-4,10-13H2,1-2H3,(H,23,26). The van der Waals surface area contributed by atoms with Crippen LogP contribution < -0.4 is 10.2 Å². The van der Waals surface area contributed by atoms with Gasteiger partial charge in [0.05, 0.1) is 10.5 Å². The minimum absolute atomic E-state index is 0.0840. The second kappa shape index (κ2) is 8.92. The lowest BCUT2D eigenvalue weighted by molar-refractivity contribution is 0.0954. The number of sulfonamides is 1. The van der Waals surface area contributed by atoms with Crippen LogP contribution in [0.1, 0.15) is 28.8 Å². The van der Waals surface area contributed by atoms with Gasteiger partial charge in [0.1, 0.15) is 5.82 Å². The maximum absolute atomic E-state index is 13.3. The first-order valence-electron chi connectivity index (χ1n) is 9.63. The van der Waals surface area contributed by atoms with Crippen molar-refractivity contribution in [1.82, 2.24) is 9.62 Å². The molecule has 2 aromatic rings. The number of anilines is 1. The van der Waals surface area contributed by atoms with Crippen LogP contribution in [-0.2, 0) is 16.4 Å². The summed E-state index contributed by atoms with van der Waals surface area (Å²) in [5.74, 6) is -0.647. The number of amides is 1. The van der Waals surface area contributed by atoms with E-state index in [2.05, 4.69) is 10.2 Å². The molecule has 3 rings (SSSR count). The van der Waals surface area contributed by atoms with Crippen molar-refractivity contribution >= 4 is 21.6 Å². The molecule has 0 radical (unpaired) electrons. The third-order valence-corrected chi connectivity index (χ3v) is 6.84. The fraction of sp³-hybridized carbons (Fsp3) is 0.381. The largest absolute Gasteiger partial charge is 0.371 e. The smallest absolute Gasteiger partial charge is 0.253 e. The second-order valence-corrected chi connectivity index (χ2v) is 9.45. The zero-order valence-corrected chi connectivity index (χ0v) is 17.5. The van der Waals surface area contributed by atoms with Gasteiger partial charge in [-0.05, 0) is 55.2 Å². The van der Waals surface area contributed by atoms with Crippen LogP contribution in [-0.4, -0.2) is 52.4 Å². The van der Waals surface area contributed by atoms with E-state index >= 15 is 0 Å². The summed E-state index contributed by atoms with van der Waals surface area (Å²) in [5, 5.41) is 2.84. The van der Waals surface area contributed by atoms with Crippen molar-refractivity contribution in [2.45, 2.75) is 24.2 Å². The maximum Gasteiger partial charge on any atom is 0.253 e. The summed E-state index contributed by atoms with van der Waals surface area (Å²) < 4.78 is 39.5. The highest BCUT2D eigenvalue weighted by molar-refractivity contribution is 7.89. The topological polar surface area (TPSA) is 69.7 Å². The van der Waals surface area contributed by atoms with Gasteiger partial charge in [-0.2, -0.15) is 0 Å². The number of rotatable bonds is 7. The minimum Gasteiger partial charge on any atom is -0.371 e. The quantitative estimate of drug-likeness (QED) is 0.749. The Hall–Kier alpha value is -2.45. The Morgan fingerprint density at radius 1 is 1.14 bits per heavy atom. The van der Waals surface area contributed by atoms with E-state index in [9.17, 15) is 17.6 Å². The first-order chi connectivity index (χ1) is 13.8. The number of carbonyl (C=O) groups excluding carboxylic acids is 1. The Balaban J connectivity index is 1.82. The van der Waals surface area contributed by atoms with Crippen LogP contribution in [0.4, 0.5) is 10.1 Å². The number of nitrogens with one attached hydrogen (secondary N) is 1. The normalized spacial score (nSPS) is 14.4. The van der Waals surface area contributed by atoms with Gasteiger partial charge in [0, 0.05) is 39.4 Å². The number of hydrogen-bond donors (Lipinski definition) is 1. The summed E-state index contributed by atoms with van der Waals surface area (Å²) >= 11 is 0. The third kappa shape index (κ3) is 4.94. The molecule has 8 heteroatoms. The average molecular weight is 420 g/mol. The first-order valence-corrected chi connectivity index (χ1v) is 11.1. The van der Waals surface area contributed by atoms with Gasteiger partial charge < -0.3 is 10.2 Å². The highest BCUT2D eigenvalue weighted by Crippen LogP contribution is 2.28. The molecule has 1 heterocycles. The van der Waals surface area contributed by atoms with E-state index in [1.165, 1.54) is 32.3 Å². The molecule has 0 atom stereocenters. The fourth-order valence-electron chi connectivity index (χ4n) is 3.41. The lowest BCUT2D eigenvalue weighted by atomic mass is 10.1. The second-order valence-electron chi connectivity index (χ2n) is 7.30. The highest BCUT2D eigenvalue weighted by Gasteiger charge is 2.24. The Bertz CT molecular complexity index is 986. The molecule has 2 aromatic carbocycles. The zero-order chi connectivity index (χ0) is 21.0. The lowest BCUT2D eigenvalue weighted by Gasteiger charge is -2.22. The fourth-order valence-corrected chi connectivity index (χ4v) is 4.34. The summed E-state index contributed by atoms with van der Waals surface area (Å²) in [6.45, 7) is 2.00. The molecule has 1 aliphatic rings. The number of nitrogens with zero attached hydrogens (tertiary/aromatic N) is 2. The molecular weight excluding hydrogens is 393 g/mol. The average Bonchev–Trinajstić information content (AvgIpc) is 3.22. The molecule has 0 unspecified atom stereocenters. The van der Waals surface area contributed by atoms with Crippen molar-refractivity contribution < 1.29 is 17.6 Å². The van der Waals surface area contributed by atoms with Crippen LogP contribution >= 0.6 is 0 Å². The molecule has 1 aliphatic heterocycles.